The van der Waals surface area contributed by atoms with Crippen LogP contribution in [0.2, 0.25) is 0 Å². The SMILES string of the molecule is CCc1ccc(CN(C)CCCCN2CCOCC2)o1. The van der Waals surface area contributed by atoms with Gasteiger partial charge in [0, 0.05) is 19.5 Å². The molecule has 1 saturated heterocycles. The van der Waals surface area contributed by atoms with Crippen molar-refractivity contribution in [2.75, 3.05) is 46.4 Å². The molecule has 0 spiro atoms. The summed E-state index contributed by atoms with van der Waals surface area (Å²) in [5.41, 5.74) is 0. The van der Waals surface area contributed by atoms with Crippen LogP contribution in [0, 0.1) is 0 Å². The van der Waals surface area contributed by atoms with Crippen molar-refractivity contribution >= 4 is 0 Å². The van der Waals surface area contributed by atoms with Gasteiger partial charge in [-0.05, 0) is 45.1 Å². The minimum atomic E-state index is 0.901. The fraction of sp³-hybridized carbons (Fsp3) is 0.750. The van der Waals surface area contributed by atoms with Crippen LogP contribution in [0.4, 0.5) is 0 Å². The number of hydrogen-bond acceptors (Lipinski definition) is 4. The minimum absolute atomic E-state index is 0.901. The van der Waals surface area contributed by atoms with Gasteiger partial charge in [0.2, 0.25) is 0 Å². The van der Waals surface area contributed by atoms with Crippen LogP contribution in [-0.4, -0.2) is 56.2 Å². The van der Waals surface area contributed by atoms with Gasteiger partial charge in [-0.15, -0.1) is 0 Å². The number of ether oxygens (including phenoxy) is 1. The molecule has 4 heteroatoms. The van der Waals surface area contributed by atoms with Crippen LogP contribution in [0.1, 0.15) is 31.3 Å². The molecule has 0 aromatic carbocycles. The van der Waals surface area contributed by atoms with E-state index in [2.05, 4.69) is 35.9 Å². The smallest absolute Gasteiger partial charge is 0.118 e. The van der Waals surface area contributed by atoms with Gasteiger partial charge in [0.1, 0.15) is 11.5 Å². The van der Waals surface area contributed by atoms with Crippen molar-refractivity contribution < 1.29 is 9.15 Å². The molecule has 0 aliphatic carbocycles. The predicted molar refractivity (Wildman–Crippen MR) is 80.9 cm³/mol. The number of unbranched alkanes of at least 4 members (excludes halogenated alkanes) is 1. The van der Waals surface area contributed by atoms with Crippen molar-refractivity contribution in [3.05, 3.63) is 23.7 Å². The summed E-state index contributed by atoms with van der Waals surface area (Å²) in [5, 5.41) is 0. The molecule has 1 fully saturated rings. The Morgan fingerprint density at radius 3 is 2.60 bits per heavy atom. The zero-order valence-electron chi connectivity index (χ0n) is 12.9. The molecule has 4 nitrogen and oxygen atoms in total. The van der Waals surface area contributed by atoms with Crippen LogP contribution in [-0.2, 0) is 17.7 Å². The van der Waals surface area contributed by atoms with Crippen molar-refractivity contribution in [3.63, 3.8) is 0 Å². The lowest BCUT2D eigenvalue weighted by molar-refractivity contribution is 0.0369. The molecule has 20 heavy (non-hydrogen) atoms. The summed E-state index contributed by atoms with van der Waals surface area (Å²) >= 11 is 0. The topological polar surface area (TPSA) is 28.9 Å². The van der Waals surface area contributed by atoms with E-state index in [4.69, 9.17) is 9.15 Å². The van der Waals surface area contributed by atoms with E-state index in [1.165, 1.54) is 19.4 Å². The van der Waals surface area contributed by atoms with Gasteiger partial charge < -0.3 is 9.15 Å². The van der Waals surface area contributed by atoms with E-state index in [0.29, 0.717) is 0 Å². The van der Waals surface area contributed by atoms with Gasteiger partial charge in [-0.1, -0.05) is 6.92 Å². The number of morpholine rings is 1. The number of rotatable bonds is 8. The van der Waals surface area contributed by atoms with E-state index in [-0.39, 0.29) is 0 Å². The summed E-state index contributed by atoms with van der Waals surface area (Å²) in [4.78, 5) is 4.85. The second kappa shape index (κ2) is 8.45. The first kappa shape index (κ1) is 15.5. The first-order valence-electron chi connectivity index (χ1n) is 7.84. The Bertz CT molecular complexity index is 372. The van der Waals surface area contributed by atoms with Crippen LogP contribution >= 0.6 is 0 Å². The molecule has 0 radical (unpaired) electrons. The third-order valence-electron chi connectivity index (χ3n) is 3.86. The van der Waals surface area contributed by atoms with Crippen LogP contribution in [0.5, 0.6) is 0 Å². The van der Waals surface area contributed by atoms with Crippen LogP contribution < -0.4 is 0 Å². The molecular formula is C16H28N2O2. The third-order valence-corrected chi connectivity index (χ3v) is 3.86. The summed E-state index contributed by atoms with van der Waals surface area (Å²) < 4.78 is 11.1. The number of hydrogen-bond donors (Lipinski definition) is 0. The van der Waals surface area contributed by atoms with Crippen LogP contribution in [0.25, 0.3) is 0 Å². The Hall–Kier alpha value is -0.840. The Kier molecular flexibility index (Phi) is 6.57. The fourth-order valence-electron chi connectivity index (χ4n) is 2.58. The highest BCUT2D eigenvalue weighted by atomic mass is 16.5. The molecule has 1 aliphatic heterocycles. The van der Waals surface area contributed by atoms with Crippen molar-refractivity contribution in [2.24, 2.45) is 0 Å². The lowest BCUT2D eigenvalue weighted by atomic mass is 10.2. The van der Waals surface area contributed by atoms with E-state index in [0.717, 1.165) is 57.3 Å². The molecule has 114 valence electrons. The third kappa shape index (κ3) is 5.27. The van der Waals surface area contributed by atoms with Gasteiger partial charge in [-0.3, -0.25) is 9.80 Å². The van der Waals surface area contributed by atoms with Gasteiger partial charge in [0.05, 0.1) is 19.8 Å². The zero-order chi connectivity index (χ0) is 14.2. The van der Waals surface area contributed by atoms with Gasteiger partial charge in [0.25, 0.3) is 0 Å². The number of aryl methyl sites for hydroxylation is 1. The Morgan fingerprint density at radius 2 is 1.90 bits per heavy atom. The summed E-state index contributed by atoms with van der Waals surface area (Å²) in [6.45, 7) is 9.38. The van der Waals surface area contributed by atoms with Crippen molar-refractivity contribution in [3.8, 4) is 0 Å². The first-order valence-corrected chi connectivity index (χ1v) is 7.84. The van der Waals surface area contributed by atoms with Gasteiger partial charge >= 0.3 is 0 Å². The standard InChI is InChI=1S/C16H28N2O2/c1-3-15-6-7-16(20-15)14-17(2)8-4-5-9-18-10-12-19-13-11-18/h6-7H,3-5,8-14H2,1-2H3. The largest absolute Gasteiger partial charge is 0.465 e. The van der Waals surface area contributed by atoms with Crippen molar-refractivity contribution in [1.82, 2.24) is 9.80 Å². The summed E-state index contributed by atoms with van der Waals surface area (Å²) in [6.07, 6.45) is 3.49. The van der Waals surface area contributed by atoms with E-state index in [9.17, 15) is 0 Å². The molecular weight excluding hydrogens is 252 g/mol. The molecule has 0 atom stereocenters. The average Bonchev–Trinajstić information content (AvgIpc) is 2.92. The maximum Gasteiger partial charge on any atom is 0.118 e. The molecule has 0 N–H and O–H groups in total. The Morgan fingerprint density at radius 1 is 1.15 bits per heavy atom. The molecule has 0 amide bonds. The van der Waals surface area contributed by atoms with Gasteiger partial charge in [-0.25, -0.2) is 0 Å². The average molecular weight is 280 g/mol. The molecule has 0 unspecified atom stereocenters. The van der Waals surface area contributed by atoms with Crippen LogP contribution in [0.15, 0.2) is 16.5 Å². The molecule has 1 aromatic heterocycles. The monoisotopic (exact) mass is 280 g/mol. The maximum absolute atomic E-state index is 5.74. The van der Waals surface area contributed by atoms with Crippen LogP contribution in [0.3, 0.4) is 0 Å². The van der Waals surface area contributed by atoms with Gasteiger partial charge in [-0.2, -0.15) is 0 Å². The van der Waals surface area contributed by atoms with E-state index in [1.807, 2.05) is 0 Å². The molecule has 0 bridgehead atoms. The summed E-state index contributed by atoms with van der Waals surface area (Å²) in [5.74, 6) is 2.17. The van der Waals surface area contributed by atoms with E-state index in [1.54, 1.807) is 0 Å². The molecule has 1 aliphatic rings. The predicted octanol–water partition coefficient (Wildman–Crippen LogP) is 2.39. The van der Waals surface area contributed by atoms with E-state index >= 15 is 0 Å². The molecule has 1 aromatic rings. The Balaban J connectivity index is 1.56. The highest BCUT2D eigenvalue weighted by Crippen LogP contribution is 2.11. The second-order valence-corrected chi connectivity index (χ2v) is 5.62. The quantitative estimate of drug-likeness (QED) is 0.684. The lowest BCUT2D eigenvalue weighted by Gasteiger charge is -2.26. The van der Waals surface area contributed by atoms with Crippen molar-refractivity contribution in [2.45, 2.75) is 32.7 Å². The van der Waals surface area contributed by atoms with Gasteiger partial charge in [0.15, 0.2) is 0 Å². The lowest BCUT2D eigenvalue weighted by Crippen LogP contribution is -2.37. The minimum Gasteiger partial charge on any atom is -0.465 e. The first-order chi connectivity index (χ1) is 9.78. The fourth-order valence-corrected chi connectivity index (χ4v) is 2.58. The highest BCUT2D eigenvalue weighted by molar-refractivity contribution is 5.06. The second-order valence-electron chi connectivity index (χ2n) is 5.62. The van der Waals surface area contributed by atoms with Crippen molar-refractivity contribution in [1.29, 1.82) is 0 Å². The summed E-state index contributed by atoms with van der Waals surface area (Å²) in [7, 11) is 2.17. The molecule has 0 saturated carbocycles. The molecule has 2 rings (SSSR count). The number of furan rings is 1. The van der Waals surface area contributed by atoms with E-state index < -0.39 is 0 Å². The molecule has 2 heterocycles. The zero-order valence-corrected chi connectivity index (χ0v) is 12.9. The number of nitrogens with zero attached hydrogens (tertiary/aromatic N) is 2. The highest BCUT2D eigenvalue weighted by Gasteiger charge is 2.10. The Labute approximate surface area is 122 Å². The normalized spacial score (nSPS) is 16.9. The summed E-state index contributed by atoms with van der Waals surface area (Å²) in [6, 6.07) is 4.19. The maximum atomic E-state index is 5.74.